The number of benzene rings is 3. The van der Waals surface area contributed by atoms with Gasteiger partial charge in [-0.15, -0.1) is 0 Å². The zero-order chi connectivity index (χ0) is 24.5. The highest BCUT2D eigenvalue weighted by atomic mass is 19.1. The van der Waals surface area contributed by atoms with E-state index in [0.29, 0.717) is 19.0 Å². The number of ether oxygens (including phenoxy) is 4. The Bertz CT molecular complexity index is 1100. The Morgan fingerprint density at radius 1 is 0.912 bits per heavy atom. The molecule has 3 aromatic carbocycles. The fourth-order valence-corrected chi connectivity index (χ4v) is 3.67. The van der Waals surface area contributed by atoms with Crippen molar-refractivity contribution in [3.05, 3.63) is 77.1 Å². The van der Waals surface area contributed by atoms with E-state index in [1.54, 1.807) is 13.2 Å². The van der Waals surface area contributed by atoms with Crippen LogP contribution in [-0.2, 0) is 16.1 Å². The van der Waals surface area contributed by atoms with Gasteiger partial charge in [0.1, 0.15) is 18.1 Å². The number of rotatable bonds is 12. The largest absolute Gasteiger partial charge is 0.493 e. The van der Waals surface area contributed by atoms with Crippen molar-refractivity contribution in [2.45, 2.75) is 26.9 Å². The minimum atomic E-state index is -1.17. The third-order valence-electron chi connectivity index (χ3n) is 5.14. The van der Waals surface area contributed by atoms with Gasteiger partial charge in [0.05, 0.1) is 6.61 Å². The van der Waals surface area contributed by atoms with Crippen LogP contribution in [-0.4, -0.2) is 38.0 Å². The minimum absolute atomic E-state index is 0.131. The van der Waals surface area contributed by atoms with Crippen LogP contribution in [0.4, 0.5) is 4.39 Å². The number of methoxy groups -OCH3 is 1. The number of hydrogen-bond donors (Lipinski definition) is 1. The van der Waals surface area contributed by atoms with Gasteiger partial charge in [0.25, 0.3) is 0 Å². The number of aryl methyl sites for hydroxylation is 2. The zero-order valence-corrected chi connectivity index (χ0v) is 19.6. The lowest BCUT2D eigenvalue weighted by Gasteiger charge is -2.15. The van der Waals surface area contributed by atoms with Crippen LogP contribution in [0.15, 0.2) is 54.6 Å². The van der Waals surface area contributed by atoms with E-state index >= 15 is 0 Å². The molecule has 7 heteroatoms. The topological polar surface area (TPSA) is 74.2 Å². The Morgan fingerprint density at radius 2 is 1.68 bits per heavy atom. The van der Waals surface area contributed by atoms with E-state index in [2.05, 4.69) is 19.9 Å². The monoisotopic (exact) mass is 468 g/mol. The second-order valence-electron chi connectivity index (χ2n) is 7.89. The third-order valence-corrected chi connectivity index (χ3v) is 5.14. The van der Waals surface area contributed by atoms with Crippen molar-refractivity contribution in [2.24, 2.45) is 0 Å². The average molecular weight is 469 g/mol. The molecule has 34 heavy (non-hydrogen) atoms. The summed E-state index contributed by atoms with van der Waals surface area (Å²) >= 11 is 0. The first-order chi connectivity index (χ1) is 16.4. The van der Waals surface area contributed by atoms with Crippen molar-refractivity contribution in [3.8, 4) is 28.4 Å². The molecule has 6 nitrogen and oxygen atoms in total. The minimum Gasteiger partial charge on any atom is -0.493 e. The SMILES string of the molecule is COCCCOc1cc(C)c(-c2cccc(COc3ccc(OCC(=O)O)c(F)c3)c2)c(C)c1. The van der Waals surface area contributed by atoms with E-state index in [-0.39, 0.29) is 12.4 Å². The second kappa shape index (κ2) is 12.0. The van der Waals surface area contributed by atoms with Crippen molar-refractivity contribution in [3.63, 3.8) is 0 Å². The summed E-state index contributed by atoms with van der Waals surface area (Å²) in [5.74, 6) is -0.813. The molecular formula is C27H29FO6. The summed E-state index contributed by atoms with van der Waals surface area (Å²) in [6.07, 6.45) is 0.834. The molecule has 0 spiro atoms. The molecule has 0 fully saturated rings. The van der Waals surface area contributed by atoms with Crippen molar-refractivity contribution >= 4 is 5.97 Å². The molecule has 0 atom stereocenters. The van der Waals surface area contributed by atoms with Crippen LogP contribution in [0.2, 0.25) is 0 Å². The summed E-state index contributed by atoms with van der Waals surface area (Å²) in [7, 11) is 1.68. The van der Waals surface area contributed by atoms with Gasteiger partial charge in [-0.2, -0.15) is 0 Å². The van der Waals surface area contributed by atoms with Crippen LogP contribution in [0, 0.1) is 19.7 Å². The van der Waals surface area contributed by atoms with Crippen LogP contribution in [0.25, 0.3) is 11.1 Å². The third kappa shape index (κ3) is 6.96. The number of hydrogen-bond acceptors (Lipinski definition) is 5. The standard InChI is InChI=1S/C27H29FO6/c1-18-12-23(32-11-5-10-31-3)13-19(2)27(18)21-7-4-6-20(14-21)16-33-22-8-9-25(24(28)15-22)34-17-26(29)30/h4,6-9,12-15H,5,10-11,16-17H2,1-3H3,(H,29,30). The lowest BCUT2D eigenvalue weighted by molar-refractivity contribution is -0.139. The number of carboxylic acids is 1. The van der Waals surface area contributed by atoms with Crippen molar-refractivity contribution < 1.29 is 33.2 Å². The summed E-state index contributed by atoms with van der Waals surface area (Å²) in [5.41, 5.74) is 5.35. The first-order valence-corrected chi connectivity index (χ1v) is 11.0. The van der Waals surface area contributed by atoms with Crippen molar-refractivity contribution in [1.29, 1.82) is 0 Å². The quantitative estimate of drug-likeness (QED) is 0.351. The first-order valence-electron chi connectivity index (χ1n) is 11.0. The maximum absolute atomic E-state index is 14.1. The molecule has 0 unspecified atom stereocenters. The van der Waals surface area contributed by atoms with Gasteiger partial charge in [-0.25, -0.2) is 9.18 Å². The van der Waals surface area contributed by atoms with E-state index in [9.17, 15) is 9.18 Å². The Kier molecular flexibility index (Phi) is 8.87. The molecule has 0 aliphatic carbocycles. The molecular weight excluding hydrogens is 439 g/mol. The Morgan fingerprint density at radius 3 is 2.35 bits per heavy atom. The summed E-state index contributed by atoms with van der Waals surface area (Å²) in [6, 6.07) is 16.2. The normalized spacial score (nSPS) is 10.7. The molecule has 180 valence electrons. The van der Waals surface area contributed by atoms with Gasteiger partial charge in [0, 0.05) is 26.2 Å². The molecule has 0 amide bonds. The van der Waals surface area contributed by atoms with Crippen LogP contribution >= 0.6 is 0 Å². The molecule has 1 N–H and O–H groups in total. The van der Waals surface area contributed by atoms with E-state index in [4.69, 9.17) is 24.1 Å². The van der Waals surface area contributed by atoms with E-state index < -0.39 is 18.4 Å². The highest BCUT2D eigenvalue weighted by Gasteiger charge is 2.11. The lowest BCUT2D eigenvalue weighted by Crippen LogP contribution is -2.10. The van der Waals surface area contributed by atoms with E-state index in [0.717, 1.165) is 40.0 Å². The summed E-state index contributed by atoms with van der Waals surface area (Å²) in [5, 5.41) is 8.65. The predicted molar refractivity (Wildman–Crippen MR) is 127 cm³/mol. The second-order valence-corrected chi connectivity index (χ2v) is 7.89. The molecule has 0 aromatic heterocycles. The van der Waals surface area contributed by atoms with Gasteiger partial charge < -0.3 is 24.1 Å². The molecule has 0 heterocycles. The molecule has 0 aliphatic rings. The molecule has 0 saturated heterocycles. The summed E-state index contributed by atoms with van der Waals surface area (Å²) in [6.45, 7) is 5.03. The van der Waals surface area contributed by atoms with Crippen molar-refractivity contribution in [2.75, 3.05) is 26.9 Å². The first kappa shape index (κ1) is 25.1. The van der Waals surface area contributed by atoms with Gasteiger partial charge in [-0.3, -0.25) is 0 Å². The van der Waals surface area contributed by atoms with Crippen LogP contribution in [0.1, 0.15) is 23.1 Å². The number of halogens is 1. The predicted octanol–water partition coefficient (Wildman–Crippen LogP) is 5.57. The van der Waals surface area contributed by atoms with Gasteiger partial charge in [-0.05, 0) is 72.0 Å². The molecule has 3 rings (SSSR count). The molecule has 0 aliphatic heterocycles. The van der Waals surface area contributed by atoms with Crippen LogP contribution in [0.5, 0.6) is 17.2 Å². The Labute approximate surface area is 198 Å². The number of carbonyl (C=O) groups is 1. The average Bonchev–Trinajstić information content (AvgIpc) is 2.80. The molecule has 3 aromatic rings. The Hall–Kier alpha value is -3.58. The lowest BCUT2D eigenvalue weighted by atomic mass is 9.94. The van der Waals surface area contributed by atoms with E-state index in [1.165, 1.54) is 12.1 Å². The summed E-state index contributed by atoms with van der Waals surface area (Å²) < 4.78 is 35.7. The fraction of sp³-hybridized carbons (Fsp3) is 0.296. The van der Waals surface area contributed by atoms with Crippen molar-refractivity contribution in [1.82, 2.24) is 0 Å². The molecule has 0 radical (unpaired) electrons. The Balaban J connectivity index is 1.68. The molecule has 0 bridgehead atoms. The highest BCUT2D eigenvalue weighted by molar-refractivity contribution is 5.72. The van der Waals surface area contributed by atoms with E-state index in [1.807, 2.05) is 30.3 Å². The number of aliphatic carboxylic acids is 1. The molecule has 0 saturated carbocycles. The summed E-state index contributed by atoms with van der Waals surface area (Å²) in [4.78, 5) is 10.6. The highest BCUT2D eigenvalue weighted by Crippen LogP contribution is 2.32. The fourth-order valence-electron chi connectivity index (χ4n) is 3.67. The number of carboxylic acid groups (broad SMARTS) is 1. The van der Waals surface area contributed by atoms with Gasteiger partial charge >= 0.3 is 5.97 Å². The smallest absolute Gasteiger partial charge is 0.341 e. The van der Waals surface area contributed by atoms with Gasteiger partial charge in [0.2, 0.25) is 0 Å². The maximum atomic E-state index is 14.1. The van der Waals surface area contributed by atoms with Crippen LogP contribution in [0.3, 0.4) is 0 Å². The van der Waals surface area contributed by atoms with Crippen LogP contribution < -0.4 is 14.2 Å². The van der Waals surface area contributed by atoms with Gasteiger partial charge in [-0.1, -0.05) is 18.2 Å². The van der Waals surface area contributed by atoms with Gasteiger partial charge in [0.15, 0.2) is 18.2 Å². The zero-order valence-electron chi connectivity index (χ0n) is 19.6. The maximum Gasteiger partial charge on any atom is 0.341 e.